The molecule has 6 heteroatoms. The molecule has 1 aliphatic rings. The van der Waals surface area contributed by atoms with Crippen LogP contribution >= 0.6 is 0 Å². The number of anilines is 2. The Morgan fingerprint density at radius 1 is 1.28 bits per heavy atom. The van der Waals surface area contributed by atoms with Crippen LogP contribution in [-0.2, 0) is 9.59 Å². The zero-order chi connectivity index (χ0) is 17.8. The number of rotatable bonds is 5. The average Bonchev–Trinajstić information content (AvgIpc) is 2.98. The van der Waals surface area contributed by atoms with E-state index in [0.29, 0.717) is 23.7 Å². The van der Waals surface area contributed by atoms with Crippen molar-refractivity contribution < 1.29 is 18.7 Å². The van der Waals surface area contributed by atoms with Gasteiger partial charge in [-0.3, -0.25) is 9.59 Å². The maximum absolute atomic E-state index is 13.0. The fourth-order valence-electron chi connectivity index (χ4n) is 2.83. The number of nitrogens with one attached hydrogen (secondary N) is 1. The first-order valence-electron chi connectivity index (χ1n) is 8.16. The maximum atomic E-state index is 13.0. The standard InChI is InChI=1S/C19H19FN2O3/c1-2-25-17-5-3-4-15(11-17)21-19(24)13-10-18(23)22(12-13)16-8-6-14(20)7-9-16/h3-9,11,13H,2,10,12H2,1H3,(H,21,24)/t13-/m0/s1. The zero-order valence-electron chi connectivity index (χ0n) is 13.9. The van der Waals surface area contributed by atoms with E-state index in [0.717, 1.165) is 0 Å². The fraction of sp³-hybridized carbons (Fsp3) is 0.263. The quantitative estimate of drug-likeness (QED) is 0.908. The molecule has 0 saturated carbocycles. The van der Waals surface area contributed by atoms with Crippen molar-refractivity contribution in [1.29, 1.82) is 0 Å². The molecular formula is C19H19FN2O3. The summed E-state index contributed by atoms with van der Waals surface area (Å²) >= 11 is 0. The normalized spacial score (nSPS) is 16.8. The first kappa shape index (κ1) is 17.0. The topological polar surface area (TPSA) is 58.6 Å². The van der Waals surface area contributed by atoms with E-state index in [1.807, 2.05) is 13.0 Å². The Hall–Kier alpha value is -2.89. The van der Waals surface area contributed by atoms with E-state index in [-0.39, 0.29) is 30.6 Å². The van der Waals surface area contributed by atoms with Gasteiger partial charge in [-0.15, -0.1) is 0 Å². The smallest absolute Gasteiger partial charge is 0.229 e. The van der Waals surface area contributed by atoms with E-state index in [2.05, 4.69) is 5.32 Å². The summed E-state index contributed by atoms with van der Waals surface area (Å²) in [5, 5.41) is 2.83. The lowest BCUT2D eigenvalue weighted by Gasteiger charge is -2.16. The van der Waals surface area contributed by atoms with Gasteiger partial charge in [0, 0.05) is 30.4 Å². The molecule has 1 N–H and O–H groups in total. The largest absolute Gasteiger partial charge is 0.494 e. The van der Waals surface area contributed by atoms with Gasteiger partial charge in [0.2, 0.25) is 11.8 Å². The van der Waals surface area contributed by atoms with Crippen LogP contribution in [0.15, 0.2) is 48.5 Å². The highest BCUT2D eigenvalue weighted by Crippen LogP contribution is 2.26. The predicted octanol–water partition coefficient (Wildman–Crippen LogP) is 3.22. The highest BCUT2D eigenvalue weighted by atomic mass is 19.1. The lowest BCUT2D eigenvalue weighted by molar-refractivity contribution is -0.122. The Bertz CT molecular complexity index is 776. The Morgan fingerprint density at radius 3 is 2.76 bits per heavy atom. The van der Waals surface area contributed by atoms with Crippen LogP contribution in [0.5, 0.6) is 5.75 Å². The van der Waals surface area contributed by atoms with Crippen molar-refractivity contribution in [2.75, 3.05) is 23.4 Å². The summed E-state index contributed by atoms with van der Waals surface area (Å²) in [6.07, 6.45) is 0.133. The molecule has 2 amide bonds. The number of benzene rings is 2. The molecule has 0 radical (unpaired) electrons. The van der Waals surface area contributed by atoms with Crippen LogP contribution < -0.4 is 15.0 Å². The average molecular weight is 342 g/mol. The van der Waals surface area contributed by atoms with Gasteiger partial charge >= 0.3 is 0 Å². The predicted molar refractivity (Wildman–Crippen MR) is 93.1 cm³/mol. The third-order valence-corrected chi connectivity index (χ3v) is 4.05. The molecule has 1 aliphatic heterocycles. The summed E-state index contributed by atoms with van der Waals surface area (Å²) in [6, 6.07) is 12.8. The second-order valence-electron chi connectivity index (χ2n) is 5.83. The molecule has 1 fully saturated rings. The van der Waals surface area contributed by atoms with Gasteiger partial charge in [0.1, 0.15) is 11.6 Å². The van der Waals surface area contributed by atoms with Crippen LogP contribution in [0.25, 0.3) is 0 Å². The molecule has 0 aliphatic carbocycles. The molecule has 2 aromatic carbocycles. The van der Waals surface area contributed by atoms with Gasteiger partial charge in [-0.2, -0.15) is 0 Å². The SMILES string of the molecule is CCOc1cccc(NC(=O)[C@H]2CC(=O)N(c3ccc(F)cc3)C2)c1. The van der Waals surface area contributed by atoms with Crippen molar-refractivity contribution in [2.45, 2.75) is 13.3 Å². The highest BCUT2D eigenvalue weighted by Gasteiger charge is 2.35. The number of halogens is 1. The van der Waals surface area contributed by atoms with Gasteiger partial charge in [-0.05, 0) is 43.3 Å². The van der Waals surface area contributed by atoms with Gasteiger partial charge in [-0.25, -0.2) is 4.39 Å². The van der Waals surface area contributed by atoms with Gasteiger partial charge in [0.15, 0.2) is 0 Å². The van der Waals surface area contributed by atoms with Crippen LogP contribution in [0, 0.1) is 11.7 Å². The van der Waals surface area contributed by atoms with Crippen molar-refractivity contribution in [2.24, 2.45) is 5.92 Å². The number of nitrogens with zero attached hydrogens (tertiary/aromatic N) is 1. The Labute approximate surface area is 145 Å². The molecule has 1 atom stereocenters. The molecule has 1 heterocycles. The number of carbonyl (C=O) groups is 2. The minimum Gasteiger partial charge on any atom is -0.494 e. The molecule has 1 saturated heterocycles. The van der Waals surface area contributed by atoms with Crippen LogP contribution in [0.4, 0.5) is 15.8 Å². The number of amides is 2. The maximum Gasteiger partial charge on any atom is 0.229 e. The van der Waals surface area contributed by atoms with Crippen LogP contribution in [-0.4, -0.2) is 25.0 Å². The molecule has 0 bridgehead atoms. The number of ether oxygens (including phenoxy) is 1. The van der Waals surface area contributed by atoms with Crippen molar-refractivity contribution in [3.05, 3.63) is 54.3 Å². The fourth-order valence-corrected chi connectivity index (χ4v) is 2.83. The monoisotopic (exact) mass is 342 g/mol. The van der Waals surface area contributed by atoms with E-state index < -0.39 is 5.92 Å². The Balaban J connectivity index is 1.66. The van der Waals surface area contributed by atoms with E-state index in [9.17, 15) is 14.0 Å². The highest BCUT2D eigenvalue weighted by molar-refractivity contribution is 6.03. The third kappa shape index (κ3) is 3.96. The Morgan fingerprint density at radius 2 is 2.04 bits per heavy atom. The minimum absolute atomic E-state index is 0.133. The summed E-state index contributed by atoms with van der Waals surface area (Å²) in [4.78, 5) is 26.2. The van der Waals surface area contributed by atoms with Crippen molar-refractivity contribution in [3.8, 4) is 5.75 Å². The van der Waals surface area contributed by atoms with Crippen molar-refractivity contribution in [1.82, 2.24) is 0 Å². The zero-order valence-corrected chi connectivity index (χ0v) is 13.9. The van der Waals surface area contributed by atoms with E-state index >= 15 is 0 Å². The van der Waals surface area contributed by atoms with Crippen LogP contribution in [0.3, 0.4) is 0 Å². The number of hydrogen-bond donors (Lipinski definition) is 1. The summed E-state index contributed by atoms with van der Waals surface area (Å²) < 4.78 is 18.4. The molecule has 3 rings (SSSR count). The minimum atomic E-state index is -0.451. The summed E-state index contributed by atoms with van der Waals surface area (Å²) in [7, 11) is 0. The number of hydrogen-bond acceptors (Lipinski definition) is 3. The lowest BCUT2D eigenvalue weighted by atomic mass is 10.1. The first-order chi connectivity index (χ1) is 12.1. The van der Waals surface area contributed by atoms with Crippen LogP contribution in [0.1, 0.15) is 13.3 Å². The lowest BCUT2D eigenvalue weighted by Crippen LogP contribution is -2.28. The number of carbonyl (C=O) groups excluding carboxylic acids is 2. The molecule has 5 nitrogen and oxygen atoms in total. The van der Waals surface area contributed by atoms with Crippen LogP contribution in [0.2, 0.25) is 0 Å². The molecule has 0 aromatic heterocycles. The van der Waals surface area contributed by atoms with E-state index in [1.165, 1.54) is 17.0 Å². The molecule has 0 spiro atoms. The van der Waals surface area contributed by atoms with Gasteiger partial charge < -0.3 is 15.0 Å². The first-order valence-corrected chi connectivity index (χ1v) is 8.16. The molecule has 0 unspecified atom stereocenters. The van der Waals surface area contributed by atoms with E-state index in [4.69, 9.17) is 4.74 Å². The third-order valence-electron chi connectivity index (χ3n) is 4.05. The Kier molecular flexibility index (Phi) is 4.97. The van der Waals surface area contributed by atoms with Gasteiger partial charge in [0.25, 0.3) is 0 Å². The second-order valence-corrected chi connectivity index (χ2v) is 5.83. The van der Waals surface area contributed by atoms with Gasteiger partial charge in [-0.1, -0.05) is 6.07 Å². The van der Waals surface area contributed by atoms with Gasteiger partial charge in [0.05, 0.1) is 12.5 Å². The second kappa shape index (κ2) is 7.34. The molecular weight excluding hydrogens is 323 g/mol. The molecule has 2 aromatic rings. The molecule has 130 valence electrons. The molecule has 25 heavy (non-hydrogen) atoms. The van der Waals surface area contributed by atoms with E-state index in [1.54, 1.807) is 30.3 Å². The summed E-state index contributed by atoms with van der Waals surface area (Å²) in [5.74, 6) is -0.496. The van der Waals surface area contributed by atoms with Crippen molar-refractivity contribution in [3.63, 3.8) is 0 Å². The van der Waals surface area contributed by atoms with Crippen molar-refractivity contribution >= 4 is 23.2 Å². The summed E-state index contributed by atoms with van der Waals surface area (Å²) in [6.45, 7) is 2.71. The summed E-state index contributed by atoms with van der Waals surface area (Å²) in [5.41, 5.74) is 1.23.